The molecular weight excluding hydrogens is 175 g/mol. The highest BCUT2D eigenvalue weighted by molar-refractivity contribution is 5.79. The maximum atomic E-state index is 12.4. The molecule has 3 N–H and O–H groups in total. The third-order valence-corrected chi connectivity index (χ3v) is 1.24. The second-order valence-electron chi connectivity index (χ2n) is 2.18. The van der Waals surface area contributed by atoms with Gasteiger partial charge < -0.3 is 5.73 Å². The van der Waals surface area contributed by atoms with Gasteiger partial charge in [0.05, 0.1) is 5.69 Å². The lowest BCUT2D eigenvalue weighted by atomic mass is 10.3. The van der Waals surface area contributed by atoms with Gasteiger partial charge >= 0.3 is 0 Å². The predicted octanol–water partition coefficient (Wildman–Crippen LogP) is 1.23. The van der Waals surface area contributed by atoms with Crippen LogP contribution in [0.5, 0.6) is 0 Å². The zero-order valence-corrected chi connectivity index (χ0v) is 6.57. The van der Waals surface area contributed by atoms with Crippen LogP contribution in [-0.2, 0) is 0 Å². The van der Waals surface area contributed by atoms with Crippen LogP contribution in [0.1, 0.15) is 0 Å². The Morgan fingerprint density at radius 2 is 2.00 bits per heavy atom. The van der Waals surface area contributed by atoms with E-state index in [1.54, 1.807) is 0 Å². The number of hydrogen-bond acceptors (Lipinski definition) is 3. The molecule has 0 fully saturated rings. The first-order valence-corrected chi connectivity index (χ1v) is 3.40. The minimum atomic E-state index is -0.413. The van der Waals surface area contributed by atoms with Gasteiger partial charge in [0.2, 0.25) is 0 Å². The summed E-state index contributed by atoms with van der Waals surface area (Å²) in [6.45, 7) is 0. The molecule has 0 radical (unpaired) electrons. The number of rotatable bonds is 2. The van der Waals surface area contributed by atoms with E-state index < -0.39 is 5.96 Å². The van der Waals surface area contributed by atoms with E-state index in [2.05, 4.69) is 15.7 Å². The van der Waals surface area contributed by atoms with Gasteiger partial charge in [-0.1, -0.05) is 0 Å². The molecule has 5 nitrogen and oxygen atoms in total. The molecule has 0 aromatic heterocycles. The molecule has 0 saturated carbocycles. The van der Waals surface area contributed by atoms with Gasteiger partial charge in [0.1, 0.15) is 5.82 Å². The van der Waals surface area contributed by atoms with Crippen molar-refractivity contribution < 1.29 is 4.39 Å². The van der Waals surface area contributed by atoms with E-state index in [1.165, 1.54) is 24.3 Å². The Hall–Kier alpha value is -1.98. The number of guanidine groups is 1. The molecular formula is C7H7FN4O. The summed E-state index contributed by atoms with van der Waals surface area (Å²) in [5.74, 6) is -0.764. The summed E-state index contributed by atoms with van der Waals surface area (Å²) in [5.41, 5.74) is 7.93. The van der Waals surface area contributed by atoms with Gasteiger partial charge in [-0.05, 0) is 24.3 Å². The van der Waals surface area contributed by atoms with Gasteiger partial charge in [-0.2, -0.15) is 0 Å². The van der Waals surface area contributed by atoms with Gasteiger partial charge in [0.25, 0.3) is 5.96 Å². The number of benzene rings is 1. The highest BCUT2D eigenvalue weighted by Crippen LogP contribution is 2.07. The number of hydrazone groups is 1. The average molecular weight is 182 g/mol. The van der Waals surface area contributed by atoms with Crippen LogP contribution in [0.2, 0.25) is 0 Å². The van der Waals surface area contributed by atoms with Crippen LogP contribution >= 0.6 is 0 Å². The molecule has 1 aromatic carbocycles. The third-order valence-electron chi connectivity index (χ3n) is 1.24. The van der Waals surface area contributed by atoms with Crippen LogP contribution in [0.25, 0.3) is 0 Å². The van der Waals surface area contributed by atoms with E-state index in [-0.39, 0.29) is 5.82 Å². The van der Waals surface area contributed by atoms with Crippen molar-refractivity contribution in [3.8, 4) is 0 Å². The maximum Gasteiger partial charge on any atom is 0.279 e. The highest BCUT2D eigenvalue weighted by atomic mass is 19.1. The molecule has 0 amide bonds. The Kier molecular flexibility index (Phi) is 2.91. The second-order valence-corrected chi connectivity index (χ2v) is 2.18. The second kappa shape index (κ2) is 4.15. The number of nitroso groups, excluding NO2 is 1. The molecule has 0 atom stereocenters. The Morgan fingerprint density at radius 3 is 2.54 bits per heavy atom. The first-order valence-electron chi connectivity index (χ1n) is 3.40. The number of halogens is 1. The zero-order valence-electron chi connectivity index (χ0n) is 6.57. The van der Waals surface area contributed by atoms with E-state index in [1.807, 2.05) is 0 Å². The minimum absolute atomic E-state index is 0.351. The molecule has 0 aliphatic carbocycles. The largest absolute Gasteiger partial charge is 0.364 e. The lowest BCUT2D eigenvalue weighted by Crippen LogP contribution is -2.09. The van der Waals surface area contributed by atoms with E-state index in [0.717, 1.165) is 0 Å². The van der Waals surface area contributed by atoms with Crippen molar-refractivity contribution in [3.63, 3.8) is 0 Å². The van der Waals surface area contributed by atoms with Crippen molar-refractivity contribution >= 4 is 11.6 Å². The standard InChI is InChI=1S/C7H7FN4O/c8-5-1-3-6(4-2-5)10-11-7(9)12-13/h1-4,10H,(H2,9,11). The van der Waals surface area contributed by atoms with Crippen LogP contribution in [0, 0.1) is 10.7 Å². The summed E-state index contributed by atoms with van der Waals surface area (Å²) in [6.07, 6.45) is 0. The molecule has 1 aromatic rings. The normalized spacial score (nSPS) is 11.0. The first kappa shape index (κ1) is 9.11. The zero-order chi connectivity index (χ0) is 9.68. The fourth-order valence-electron chi connectivity index (χ4n) is 0.667. The summed E-state index contributed by atoms with van der Waals surface area (Å²) in [5, 5.41) is 5.75. The summed E-state index contributed by atoms with van der Waals surface area (Å²) in [6, 6.07) is 5.42. The maximum absolute atomic E-state index is 12.4. The number of hydrogen-bond donors (Lipinski definition) is 2. The van der Waals surface area contributed by atoms with Gasteiger partial charge in [-0.3, -0.25) is 5.43 Å². The smallest absolute Gasteiger partial charge is 0.279 e. The van der Waals surface area contributed by atoms with Crippen molar-refractivity contribution in [2.24, 2.45) is 16.0 Å². The van der Waals surface area contributed by atoms with Crippen LogP contribution in [0.15, 0.2) is 34.5 Å². The van der Waals surface area contributed by atoms with Gasteiger partial charge in [-0.25, -0.2) is 4.39 Å². The number of nitrogens with one attached hydrogen (secondary N) is 1. The van der Waals surface area contributed by atoms with E-state index in [9.17, 15) is 9.30 Å². The van der Waals surface area contributed by atoms with Gasteiger partial charge in [-0.15, -0.1) is 10.0 Å². The van der Waals surface area contributed by atoms with Crippen molar-refractivity contribution in [1.29, 1.82) is 0 Å². The molecule has 0 saturated heterocycles. The quantitative estimate of drug-likeness (QED) is 0.312. The van der Waals surface area contributed by atoms with E-state index in [0.29, 0.717) is 5.69 Å². The molecule has 68 valence electrons. The molecule has 0 aliphatic rings. The van der Waals surface area contributed by atoms with Crippen molar-refractivity contribution in [2.45, 2.75) is 0 Å². The molecule has 0 bridgehead atoms. The number of nitrogens with two attached hydrogens (primary N) is 1. The highest BCUT2D eigenvalue weighted by Gasteiger charge is 1.91. The Balaban J connectivity index is 2.65. The topological polar surface area (TPSA) is 79.8 Å². The van der Waals surface area contributed by atoms with Crippen LogP contribution in [0.4, 0.5) is 10.1 Å². The lowest BCUT2D eigenvalue weighted by molar-refractivity contribution is 0.628. The van der Waals surface area contributed by atoms with Crippen LogP contribution in [-0.4, -0.2) is 5.96 Å². The van der Waals surface area contributed by atoms with Crippen molar-refractivity contribution in [3.05, 3.63) is 35.0 Å². The lowest BCUT2D eigenvalue weighted by Gasteiger charge is -1.98. The first-order chi connectivity index (χ1) is 6.22. The minimum Gasteiger partial charge on any atom is -0.364 e. The average Bonchev–Trinajstić information content (AvgIpc) is 2.16. The third kappa shape index (κ3) is 2.86. The Labute approximate surface area is 73.4 Å². The molecule has 1 rings (SSSR count). The van der Waals surface area contributed by atoms with Crippen LogP contribution in [0.3, 0.4) is 0 Å². The molecule has 6 heteroatoms. The fraction of sp³-hybridized carbons (Fsp3) is 0. The number of anilines is 1. The Bertz CT molecular complexity index is 322. The summed E-state index contributed by atoms with van der Waals surface area (Å²) < 4.78 is 12.4. The molecule has 0 unspecified atom stereocenters. The van der Waals surface area contributed by atoms with Gasteiger partial charge in [0.15, 0.2) is 0 Å². The van der Waals surface area contributed by atoms with Crippen LogP contribution < -0.4 is 11.2 Å². The summed E-state index contributed by atoms with van der Waals surface area (Å²) in [4.78, 5) is 9.77. The molecule has 13 heavy (non-hydrogen) atoms. The number of nitrogens with zero attached hydrogens (tertiary/aromatic N) is 2. The SMILES string of the molecule is N/C(N=O)=N\Nc1ccc(F)cc1. The predicted molar refractivity (Wildman–Crippen MR) is 47.4 cm³/mol. The van der Waals surface area contributed by atoms with Crippen molar-refractivity contribution in [1.82, 2.24) is 0 Å². The van der Waals surface area contributed by atoms with E-state index in [4.69, 9.17) is 5.73 Å². The molecule has 0 spiro atoms. The van der Waals surface area contributed by atoms with Crippen molar-refractivity contribution in [2.75, 3.05) is 5.43 Å². The molecule has 0 heterocycles. The van der Waals surface area contributed by atoms with E-state index >= 15 is 0 Å². The summed E-state index contributed by atoms with van der Waals surface area (Å²) in [7, 11) is 0. The summed E-state index contributed by atoms with van der Waals surface area (Å²) >= 11 is 0. The fourth-order valence-corrected chi connectivity index (χ4v) is 0.667. The molecule has 0 aliphatic heterocycles. The Morgan fingerprint density at radius 1 is 1.38 bits per heavy atom. The van der Waals surface area contributed by atoms with Gasteiger partial charge in [0, 0.05) is 5.18 Å². The monoisotopic (exact) mass is 182 g/mol.